The molecule has 0 bridgehead atoms. The Hall–Kier alpha value is -1.97. The molecule has 0 radical (unpaired) electrons. The molecule has 4 heteroatoms. The monoisotopic (exact) mass is 260 g/mol. The molecule has 100 valence electrons. The Kier molecular flexibility index (Phi) is 2.73. The average molecular weight is 260 g/mol. The predicted molar refractivity (Wildman–Crippen MR) is 70.9 cm³/mol. The summed E-state index contributed by atoms with van der Waals surface area (Å²) in [5.74, 6) is 1.17. The Morgan fingerprint density at radius 2 is 2.26 bits per heavy atom. The minimum absolute atomic E-state index is 0.301. The molecule has 2 aromatic rings. The van der Waals surface area contributed by atoms with E-state index in [1.807, 2.05) is 0 Å². The van der Waals surface area contributed by atoms with Gasteiger partial charge in [0.2, 0.25) is 0 Å². The minimum Gasteiger partial charge on any atom is -0.493 e. The molecule has 1 N–H and O–H groups in total. The molecule has 19 heavy (non-hydrogen) atoms. The third-order valence-corrected chi connectivity index (χ3v) is 3.86. The SMILES string of the molecule is COc1ccc(C(=O)O)c2c3c(oc12)CC(C)CC3. The normalized spacial score (nSPS) is 18.3. The summed E-state index contributed by atoms with van der Waals surface area (Å²) < 4.78 is 11.2. The zero-order valence-corrected chi connectivity index (χ0v) is 11.0. The van der Waals surface area contributed by atoms with E-state index in [2.05, 4.69) is 6.92 Å². The summed E-state index contributed by atoms with van der Waals surface area (Å²) >= 11 is 0. The van der Waals surface area contributed by atoms with Gasteiger partial charge in [0.1, 0.15) is 5.76 Å². The van der Waals surface area contributed by atoms with Gasteiger partial charge < -0.3 is 14.3 Å². The van der Waals surface area contributed by atoms with Crippen molar-refractivity contribution in [3.8, 4) is 5.75 Å². The van der Waals surface area contributed by atoms with Crippen molar-refractivity contribution < 1.29 is 19.1 Å². The fraction of sp³-hybridized carbons (Fsp3) is 0.400. The van der Waals surface area contributed by atoms with Gasteiger partial charge >= 0.3 is 5.97 Å². The van der Waals surface area contributed by atoms with Crippen molar-refractivity contribution in [2.75, 3.05) is 7.11 Å². The molecule has 0 saturated carbocycles. The maximum Gasteiger partial charge on any atom is 0.336 e. The Labute approximate surface area is 111 Å². The van der Waals surface area contributed by atoms with E-state index in [-0.39, 0.29) is 0 Å². The number of rotatable bonds is 2. The van der Waals surface area contributed by atoms with Gasteiger partial charge in [0, 0.05) is 17.4 Å². The molecular formula is C15H16O4. The van der Waals surface area contributed by atoms with Crippen molar-refractivity contribution in [1.29, 1.82) is 0 Å². The lowest BCUT2D eigenvalue weighted by Crippen LogP contribution is -2.09. The van der Waals surface area contributed by atoms with Crippen molar-refractivity contribution in [3.63, 3.8) is 0 Å². The number of carboxylic acids is 1. The number of aromatic carboxylic acids is 1. The molecule has 0 aliphatic heterocycles. The zero-order chi connectivity index (χ0) is 13.6. The van der Waals surface area contributed by atoms with E-state index in [1.165, 1.54) is 0 Å². The van der Waals surface area contributed by atoms with Crippen molar-refractivity contribution in [1.82, 2.24) is 0 Å². The lowest BCUT2D eigenvalue weighted by molar-refractivity contribution is 0.0699. The molecule has 1 aromatic heterocycles. The van der Waals surface area contributed by atoms with Gasteiger partial charge in [-0.2, -0.15) is 0 Å². The summed E-state index contributed by atoms with van der Waals surface area (Å²) in [5, 5.41) is 10.1. The van der Waals surface area contributed by atoms with Crippen molar-refractivity contribution in [2.24, 2.45) is 5.92 Å². The zero-order valence-electron chi connectivity index (χ0n) is 11.0. The smallest absolute Gasteiger partial charge is 0.336 e. The lowest BCUT2D eigenvalue weighted by Gasteiger charge is -2.16. The number of fused-ring (bicyclic) bond motifs is 3. The Balaban J connectivity index is 2.33. The van der Waals surface area contributed by atoms with Crippen LogP contribution in [0, 0.1) is 5.92 Å². The van der Waals surface area contributed by atoms with Crippen LogP contribution in [0.1, 0.15) is 35.0 Å². The molecule has 3 rings (SSSR count). The van der Waals surface area contributed by atoms with Gasteiger partial charge in [0.25, 0.3) is 0 Å². The molecule has 1 aliphatic rings. The van der Waals surface area contributed by atoms with E-state index < -0.39 is 5.97 Å². The summed E-state index contributed by atoms with van der Waals surface area (Å²) in [6.45, 7) is 2.19. The molecule has 1 aromatic carbocycles. The van der Waals surface area contributed by atoms with Crippen molar-refractivity contribution >= 4 is 16.9 Å². The van der Waals surface area contributed by atoms with E-state index in [0.29, 0.717) is 28.2 Å². The standard InChI is InChI=1S/C15H16O4/c1-8-3-4-9-12(7-8)19-14-11(18-2)6-5-10(13(9)14)15(16)17/h5-6,8H,3-4,7H2,1-2H3,(H,16,17). The number of benzene rings is 1. The number of methoxy groups -OCH3 is 1. The van der Waals surface area contributed by atoms with Crippen LogP contribution in [0.4, 0.5) is 0 Å². The van der Waals surface area contributed by atoms with Gasteiger partial charge in [-0.15, -0.1) is 0 Å². The number of hydrogen-bond donors (Lipinski definition) is 1. The lowest BCUT2D eigenvalue weighted by atomic mass is 9.87. The van der Waals surface area contributed by atoms with Crippen LogP contribution in [-0.4, -0.2) is 18.2 Å². The van der Waals surface area contributed by atoms with E-state index in [1.54, 1.807) is 19.2 Å². The topological polar surface area (TPSA) is 59.7 Å². The number of hydrogen-bond acceptors (Lipinski definition) is 3. The van der Waals surface area contributed by atoms with E-state index in [4.69, 9.17) is 9.15 Å². The van der Waals surface area contributed by atoms with Crippen LogP contribution in [0.3, 0.4) is 0 Å². The highest BCUT2D eigenvalue weighted by Crippen LogP contribution is 2.39. The van der Waals surface area contributed by atoms with Crippen LogP contribution in [0.2, 0.25) is 0 Å². The number of ether oxygens (including phenoxy) is 1. The van der Waals surface area contributed by atoms with Crippen molar-refractivity contribution in [2.45, 2.75) is 26.2 Å². The Bertz CT molecular complexity index is 654. The molecule has 1 atom stereocenters. The molecular weight excluding hydrogens is 244 g/mol. The van der Waals surface area contributed by atoms with Gasteiger partial charge in [-0.25, -0.2) is 4.79 Å². The fourth-order valence-electron chi connectivity index (χ4n) is 2.87. The first kappa shape index (κ1) is 12.1. The minimum atomic E-state index is -0.921. The molecule has 1 aliphatic carbocycles. The van der Waals surface area contributed by atoms with Crippen LogP contribution in [0.25, 0.3) is 11.0 Å². The molecule has 0 saturated heterocycles. The molecule has 0 spiro atoms. The maximum absolute atomic E-state index is 11.4. The van der Waals surface area contributed by atoms with Crippen LogP contribution in [-0.2, 0) is 12.8 Å². The second kappa shape index (κ2) is 4.30. The van der Waals surface area contributed by atoms with Gasteiger partial charge in [-0.1, -0.05) is 6.92 Å². The third kappa shape index (κ3) is 1.79. The first-order chi connectivity index (χ1) is 9.11. The van der Waals surface area contributed by atoms with Crippen LogP contribution < -0.4 is 4.74 Å². The molecule has 1 heterocycles. The van der Waals surface area contributed by atoms with Gasteiger partial charge in [0.15, 0.2) is 11.3 Å². The first-order valence-corrected chi connectivity index (χ1v) is 6.46. The van der Waals surface area contributed by atoms with Crippen LogP contribution in [0.5, 0.6) is 5.75 Å². The molecule has 4 nitrogen and oxygen atoms in total. The van der Waals surface area contributed by atoms with Gasteiger partial charge in [-0.05, 0) is 30.9 Å². The first-order valence-electron chi connectivity index (χ1n) is 6.46. The fourth-order valence-corrected chi connectivity index (χ4v) is 2.87. The van der Waals surface area contributed by atoms with Gasteiger partial charge in [0.05, 0.1) is 12.7 Å². The summed E-state index contributed by atoms with van der Waals surface area (Å²) in [6.07, 6.45) is 2.81. The number of carboxylic acid groups (broad SMARTS) is 1. The van der Waals surface area contributed by atoms with Crippen molar-refractivity contribution in [3.05, 3.63) is 29.0 Å². The Morgan fingerprint density at radius 1 is 1.47 bits per heavy atom. The number of furan rings is 1. The van der Waals surface area contributed by atoms with E-state index in [9.17, 15) is 9.90 Å². The highest BCUT2D eigenvalue weighted by molar-refractivity contribution is 6.05. The second-order valence-corrected chi connectivity index (χ2v) is 5.18. The van der Waals surface area contributed by atoms with E-state index in [0.717, 1.165) is 30.6 Å². The van der Waals surface area contributed by atoms with E-state index >= 15 is 0 Å². The van der Waals surface area contributed by atoms with Gasteiger partial charge in [-0.3, -0.25) is 0 Å². The Morgan fingerprint density at radius 3 is 2.95 bits per heavy atom. The van der Waals surface area contributed by atoms with Crippen LogP contribution >= 0.6 is 0 Å². The summed E-state index contributed by atoms with van der Waals surface area (Å²) in [4.78, 5) is 11.4. The molecule has 1 unspecified atom stereocenters. The largest absolute Gasteiger partial charge is 0.493 e. The summed E-state index contributed by atoms with van der Waals surface area (Å²) in [7, 11) is 1.57. The molecule has 0 amide bonds. The highest BCUT2D eigenvalue weighted by atomic mass is 16.5. The highest BCUT2D eigenvalue weighted by Gasteiger charge is 2.26. The number of aryl methyl sites for hydroxylation is 1. The summed E-state index contributed by atoms with van der Waals surface area (Å²) in [5.41, 5.74) is 1.92. The summed E-state index contributed by atoms with van der Waals surface area (Å²) in [6, 6.07) is 3.25. The predicted octanol–water partition coefficient (Wildman–Crippen LogP) is 3.26. The average Bonchev–Trinajstić information content (AvgIpc) is 2.75. The third-order valence-electron chi connectivity index (χ3n) is 3.86. The quantitative estimate of drug-likeness (QED) is 0.900. The molecule has 0 fully saturated rings. The number of carbonyl (C=O) groups is 1. The maximum atomic E-state index is 11.4. The second-order valence-electron chi connectivity index (χ2n) is 5.18. The van der Waals surface area contributed by atoms with Crippen LogP contribution in [0.15, 0.2) is 16.5 Å².